The predicted molar refractivity (Wildman–Crippen MR) is 75.8 cm³/mol. The Balaban J connectivity index is 2.19. The fraction of sp³-hybridized carbons (Fsp3) is 0.643. The van der Waals surface area contributed by atoms with E-state index in [1.54, 1.807) is 0 Å². The van der Waals surface area contributed by atoms with Crippen LogP contribution in [0.4, 0.5) is 11.5 Å². The SMILES string of the molecule is CCCCCCCNc1ccc(N(C)C)nc1. The Hall–Kier alpha value is -1.25. The first-order valence-electron chi connectivity index (χ1n) is 6.61. The van der Waals surface area contributed by atoms with Crippen LogP contribution in [0.2, 0.25) is 0 Å². The Bertz CT molecular complexity index is 293. The van der Waals surface area contributed by atoms with E-state index in [0.717, 1.165) is 18.1 Å². The largest absolute Gasteiger partial charge is 0.384 e. The third kappa shape index (κ3) is 5.57. The third-order valence-corrected chi connectivity index (χ3v) is 2.82. The van der Waals surface area contributed by atoms with Gasteiger partial charge in [-0.2, -0.15) is 0 Å². The van der Waals surface area contributed by atoms with Crippen molar-refractivity contribution in [3.63, 3.8) is 0 Å². The highest BCUT2D eigenvalue weighted by molar-refractivity contribution is 5.47. The minimum Gasteiger partial charge on any atom is -0.384 e. The highest BCUT2D eigenvalue weighted by Gasteiger charge is 1.96. The third-order valence-electron chi connectivity index (χ3n) is 2.82. The Morgan fingerprint density at radius 2 is 1.88 bits per heavy atom. The normalized spacial score (nSPS) is 10.3. The minimum absolute atomic E-state index is 0.999. The van der Waals surface area contributed by atoms with Crippen molar-refractivity contribution in [2.24, 2.45) is 0 Å². The zero-order chi connectivity index (χ0) is 12.5. The summed E-state index contributed by atoms with van der Waals surface area (Å²) in [6.45, 7) is 3.29. The molecular weight excluding hydrogens is 210 g/mol. The van der Waals surface area contributed by atoms with Gasteiger partial charge in [0.05, 0.1) is 11.9 Å². The first-order chi connectivity index (χ1) is 8.24. The Kier molecular flexibility index (Phi) is 6.45. The molecule has 0 bridgehead atoms. The predicted octanol–water partition coefficient (Wildman–Crippen LogP) is 3.53. The lowest BCUT2D eigenvalue weighted by atomic mass is 10.1. The molecule has 0 aromatic carbocycles. The molecule has 1 heterocycles. The molecule has 1 rings (SSSR count). The van der Waals surface area contributed by atoms with Gasteiger partial charge in [-0.15, -0.1) is 0 Å². The van der Waals surface area contributed by atoms with E-state index in [1.807, 2.05) is 31.3 Å². The number of rotatable bonds is 8. The maximum absolute atomic E-state index is 4.37. The first-order valence-corrected chi connectivity index (χ1v) is 6.61. The van der Waals surface area contributed by atoms with Gasteiger partial charge >= 0.3 is 0 Å². The average Bonchev–Trinajstić information content (AvgIpc) is 2.34. The van der Waals surface area contributed by atoms with Gasteiger partial charge in [-0.1, -0.05) is 32.6 Å². The lowest BCUT2D eigenvalue weighted by molar-refractivity contribution is 0.645. The van der Waals surface area contributed by atoms with Crippen LogP contribution in [0.15, 0.2) is 18.3 Å². The molecule has 0 aliphatic rings. The van der Waals surface area contributed by atoms with E-state index >= 15 is 0 Å². The van der Waals surface area contributed by atoms with Crippen LogP contribution in [-0.4, -0.2) is 25.6 Å². The smallest absolute Gasteiger partial charge is 0.128 e. The summed E-state index contributed by atoms with van der Waals surface area (Å²) in [6, 6.07) is 4.13. The molecule has 0 atom stereocenters. The highest BCUT2D eigenvalue weighted by Crippen LogP contribution is 2.12. The molecule has 96 valence electrons. The van der Waals surface area contributed by atoms with Gasteiger partial charge in [0.25, 0.3) is 0 Å². The van der Waals surface area contributed by atoms with Gasteiger partial charge in [-0.25, -0.2) is 4.98 Å². The van der Waals surface area contributed by atoms with Crippen molar-refractivity contribution in [1.82, 2.24) is 4.98 Å². The summed E-state index contributed by atoms with van der Waals surface area (Å²) in [5.74, 6) is 0.999. The number of nitrogens with zero attached hydrogens (tertiary/aromatic N) is 2. The average molecular weight is 235 g/mol. The lowest BCUT2D eigenvalue weighted by Gasteiger charge is -2.12. The summed E-state index contributed by atoms with van der Waals surface area (Å²) in [6.07, 6.45) is 8.50. The van der Waals surface area contributed by atoms with Crippen LogP contribution in [0.3, 0.4) is 0 Å². The van der Waals surface area contributed by atoms with Crippen LogP contribution in [0.5, 0.6) is 0 Å². The molecule has 0 fully saturated rings. The van der Waals surface area contributed by atoms with Crippen molar-refractivity contribution < 1.29 is 0 Å². The van der Waals surface area contributed by atoms with E-state index in [4.69, 9.17) is 0 Å². The number of hydrogen-bond acceptors (Lipinski definition) is 3. The van der Waals surface area contributed by atoms with Crippen molar-refractivity contribution in [2.75, 3.05) is 30.9 Å². The molecule has 3 nitrogen and oxygen atoms in total. The van der Waals surface area contributed by atoms with Crippen LogP contribution in [0.1, 0.15) is 39.0 Å². The van der Waals surface area contributed by atoms with E-state index in [1.165, 1.54) is 32.1 Å². The lowest BCUT2D eigenvalue weighted by Crippen LogP contribution is -2.10. The number of nitrogens with one attached hydrogen (secondary N) is 1. The molecule has 1 aromatic rings. The minimum atomic E-state index is 0.999. The van der Waals surface area contributed by atoms with Crippen LogP contribution >= 0.6 is 0 Å². The zero-order valence-corrected chi connectivity index (χ0v) is 11.4. The number of pyridine rings is 1. The molecular formula is C14H25N3. The number of aromatic nitrogens is 1. The molecule has 3 heteroatoms. The molecule has 0 amide bonds. The second-order valence-corrected chi connectivity index (χ2v) is 4.64. The molecule has 0 aliphatic carbocycles. The van der Waals surface area contributed by atoms with Crippen LogP contribution in [0.25, 0.3) is 0 Å². The van der Waals surface area contributed by atoms with Gasteiger partial charge in [-0.05, 0) is 18.6 Å². The van der Waals surface area contributed by atoms with Crippen LogP contribution in [-0.2, 0) is 0 Å². The Morgan fingerprint density at radius 1 is 1.12 bits per heavy atom. The number of anilines is 2. The fourth-order valence-corrected chi connectivity index (χ4v) is 1.72. The summed E-state index contributed by atoms with van der Waals surface area (Å²) in [5, 5.41) is 3.41. The van der Waals surface area contributed by atoms with Crippen molar-refractivity contribution in [3.05, 3.63) is 18.3 Å². The van der Waals surface area contributed by atoms with Crippen molar-refractivity contribution in [1.29, 1.82) is 0 Å². The second kappa shape index (κ2) is 7.93. The monoisotopic (exact) mass is 235 g/mol. The van der Waals surface area contributed by atoms with Crippen molar-refractivity contribution in [2.45, 2.75) is 39.0 Å². The molecule has 0 spiro atoms. The zero-order valence-electron chi connectivity index (χ0n) is 11.4. The van der Waals surface area contributed by atoms with Gasteiger partial charge < -0.3 is 10.2 Å². The molecule has 0 aliphatic heterocycles. The van der Waals surface area contributed by atoms with Crippen LogP contribution in [0, 0.1) is 0 Å². The molecule has 0 unspecified atom stereocenters. The van der Waals surface area contributed by atoms with Gasteiger partial charge in [-0.3, -0.25) is 0 Å². The molecule has 0 saturated carbocycles. The summed E-state index contributed by atoms with van der Waals surface area (Å²) in [5.41, 5.74) is 1.12. The van der Waals surface area contributed by atoms with Gasteiger partial charge in [0, 0.05) is 20.6 Å². The Labute approximate surface area is 105 Å². The fourth-order valence-electron chi connectivity index (χ4n) is 1.72. The number of hydrogen-bond donors (Lipinski definition) is 1. The molecule has 0 saturated heterocycles. The maximum atomic E-state index is 4.37. The van der Waals surface area contributed by atoms with Gasteiger partial charge in [0.1, 0.15) is 5.82 Å². The van der Waals surface area contributed by atoms with Crippen LogP contribution < -0.4 is 10.2 Å². The Morgan fingerprint density at radius 3 is 2.47 bits per heavy atom. The van der Waals surface area contributed by atoms with E-state index < -0.39 is 0 Å². The highest BCUT2D eigenvalue weighted by atomic mass is 15.1. The standard InChI is InChI=1S/C14H25N3/c1-4-5-6-7-8-11-15-13-9-10-14(16-12-13)17(2)3/h9-10,12,15H,4-8,11H2,1-3H3. The maximum Gasteiger partial charge on any atom is 0.128 e. The summed E-state index contributed by atoms with van der Waals surface area (Å²) in [4.78, 5) is 6.38. The van der Waals surface area contributed by atoms with Crippen molar-refractivity contribution in [3.8, 4) is 0 Å². The molecule has 17 heavy (non-hydrogen) atoms. The van der Waals surface area contributed by atoms with E-state index in [-0.39, 0.29) is 0 Å². The molecule has 1 N–H and O–H groups in total. The second-order valence-electron chi connectivity index (χ2n) is 4.64. The molecule has 1 aromatic heterocycles. The van der Waals surface area contributed by atoms with Crippen molar-refractivity contribution >= 4 is 11.5 Å². The quantitative estimate of drug-likeness (QED) is 0.699. The van der Waals surface area contributed by atoms with Gasteiger partial charge in [0.15, 0.2) is 0 Å². The molecule has 0 radical (unpaired) electrons. The first kappa shape index (κ1) is 13.8. The van der Waals surface area contributed by atoms with E-state index in [2.05, 4.69) is 23.3 Å². The van der Waals surface area contributed by atoms with E-state index in [9.17, 15) is 0 Å². The number of unbranched alkanes of at least 4 members (excludes halogenated alkanes) is 4. The van der Waals surface area contributed by atoms with Gasteiger partial charge in [0.2, 0.25) is 0 Å². The van der Waals surface area contributed by atoms with E-state index in [0.29, 0.717) is 0 Å². The summed E-state index contributed by atoms with van der Waals surface area (Å²) in [7, 11) is 4.01. The summed E-state index contributed by atoms with van der Waals surface area (Å²) >= 11 is 0. The summed E-state index contributed by atoms with van der Waals surface area (Å²) < 4.78 is 0. The topological polar surface area (TPSA) is 28.2 Å².